The second kappa shape index (κ2) is 61.6. The Balaban J connectivity index is 5.18. The average molecular weight is 1340 g/mol. The van der Waals surface area contributed by atoms with Gasteiger partial charge in [-0.25, -0.2) is 9.13 Å². The van der Waals surface area contributed by atoms with Crippen LogP contribution in [-0.4, -0.2) is 96.7 Å². The molecule has 0 aliphatic heterocycles. The molecule has 0 amide bonds. The van der Waals surface area contributed by atoms with Gasteiger partial charge >= 0.3 is 39.5 Å². The predicted molar refractivity (Wildman–Crippen MR) is 367 cm³/mol. The zero-order valence-corrected chi connectivity index (χ0v) is 61.3. The van der Waals surface area contributed by atoms with Crippen molar-refractivity contribution in [3.8, 4) is 0 Å². The molecule has 0 aromatic rings. The number of aliphatic hydroxyl groups is 1. The van der Waals surface area contributed by atoms with Gasteiger partial charge in [-0.15, -0.1) is 0 Å². The molecule has 0 saturated carbocycles. The number of hydrogen-bond donors (Lipinski definition) is 3. The Morgan fingerprint density at radius 3 is 0.780 bits per heavy atom. The molecule has 0 aliphatic rings. The lowest BCUT2D eigenvalue weighted by Crippen LogP contribution is -2.30. The van der Waals surface area contributed by atoms with E-state index in [-0.39, 0.29) is 25.7 Å². The van der Waals surface area contributed by atoms with E-state index in [2.05, 4.69) is 55.4 Å². The number of hydrogen-bond acceptors (Lipinski definition) is 15. The van der Waals surface area contributed by atoms with Crippen LogP contribution in [0.1, 0.15) is 357 Å². The van der Waals surface area contributed by atoms with Gasteiger partial charge in [-0.3, -0.25) is 37.3 Å². The molecule has 0 aromatic heterocycles. The van der Waals surface area contributed by atoms with Crippen LogP contribution in [0.5, 0.6) is 0 Å². The number of aliphatic hydroxyl groups excluding tert-OH is 1. The van der Waals surface area contributed by atoms with Gasteiger partial charge in [0.1, 0.15) is 19.3 Å². The molecule has 0 heterocycles. The van der Waals surface area contributed by atoms with Crippen LogP contribution in [0.2, 0.25) is 0 Å². The largest absolute Gasteiger partial charge is 0.472 e. The Morgan fingerprint density at radius 2 is 0.527 bits per heavy atom. The molecule has 6 atom stereocenters. The molecule has 0 radical (unpaired) electrons. The molecule has 91 heavy (non-hydrogen) atoms. The summed E-state index contributed by atoms with van der Waals surface area (Å²) in [6.45, 7) is 14.1. The van der Waals surface area contributed by atoms with Crippen LogP contribution in [-0.2, 0) is 65.4 Å². The molecule has 0 fully saturated rings. The SMILES string of the molecule is CCC(C)CCCCCCCCC(=O)O[C@H](COC(=O)CCCCCCCCCCC(C)C)COP(=O)(O)OCC(O)COP(=O)(O)OC[C@@H](COC(=O)CCCCCCCCCCCCCCCCCCC(C)C)OC(=O)CCCCCCCCCCC(C)C. The molecular weight excluding hydrogens is 1200 g/mol. The van der Waals surface area contributed by atoms with E-state index < -0.39 is 97.5 Å². The zero-order valence-electron chi connectivity index (χ0n) is 59.5. The molecule has 17 nitrogen and oxygen atoms in total. The normalized spacial score (nSPS) is 14.5. The molecule has 3 N–H and O–H groups in total. The van der Waals surface area contributed by atoms with E-state index in [1.54, 1.807) is 0 Å². The fourth-order valence-corrected chi connectivity index (χ4v) is 12.4. The highest BCUT2D eigenvalue weighted by Crippen LogP contribution is 2.45. The second-order valence-corrected chi connectivity index (χ2v) is 30.6. The third-order valence-electron chi connectivity index (χ3n) is 16.9. The molecule has 0 aliphatic carbocycles. The van der Waals surface area contributed by atoms with Gasteiger partial charge in [0.2, 0.25) is 0 Å². The van der Waals surface area contributed by atoms with E-state index in [4.69, 9.17) is 37.0 Å². The Bertz CT molecular complexity index is 1800. The van der Waals surface area contributed by atoms with Gasteiger partial charge in [-0.05, 0) is 49.4 Å². The van der Waals surface area contributed by atoms with E-state index >= 15 is 0 Å². The summed E-state index contributed by atoms with van der Waals surface area (Å²) in [5, 5.41) is 10.6. The van der Waals surface area contributed by atoms with Crippen molar-refractivity contribution >= 4 is 39.5 Å². The minimum atomic E-state index is -4.95. The van der Waals surface area contributed by atoms with Crippen LogP contribution >= 0.6 is 15.6 Å². The maximum absolute atomic E-state index is 13.0. The lowest BCUT2D eigenvalue weighted by molar-refractivity contribution is -0.161. The minimum Gasteiger partial charge on any atom is -0.462 e. The summed E-state index contributed by atoms with van der Waals surface area (Å²) >= 11 is 0. The second-order valence-electron chi connectivity index (χ2n) is 27.6. The summed E-state index contributed by atoms with van der Waals surface area (Å²) in [6.07, 6.45) is 44.7. The summed E-state index contributed by atoms with van der Waals surface area (Å²) in [4.78, 5) is 72.6. The maximum Gasteiger partial charge on any atom is 0.472 e. The Kier molecular flexibility index (Phi) is 60.3. The van der Waals surface area contributed by atoms with Gasteiger partial charge in [-0.1, -0.05) is 306 Å². The number of carbonyl (C=O) groups is 4. The number of phosphoric ester groups is 2. The van der Waals surface area contributed by atoms with Crippen LogP contribution in [0.25, 0.3) is 0 Å². The van der Waals surface area contributed by atoms with Gasteiger partial charge in [0.25, 0.3) is 0 Å². The summed E-state index contributed by atoms with van der Waals surface area (Å²) < 4.78 is 68.3. The first-order chi connectivity index (χ1) is 43.6. The Hall–Kier alpha value is -1.94. The topological polar surface area (TPSA) is 237 Å². The van der Waals surface area contributed by atoms with Gasteiger partial charge < -0.3 is 33.8 Å². The number of esters is 4. The zero-order chi connectivity index (χ0) is 67.5. The number of carbonyl (C=O) groups excluding carboxylic acids is 4. The molecule has 4 unspecified atom stereocenters. The van der Waals surface area contributed by atoms with Crippen molar-refractivity contribution in [2.75, 3.05) is 39.6 Å². The van der Waals surface area contributed by atoms with E-state index in [0.29, 0.717) is 25.7 Å². The molecule has 0 aromatic carbocycles. The van der Waals surface area contributed by atoms with E-state index in [1.165, 1.54) is 161 Å². The first-order valence-corrected chi connectivity index (χ1v) is 40.2. The quantitative estimate of drug-likeness (QED) is 0.0222. The van der Waals surface area contributed by atoms with Crippen molar-refractivity contribution in [1.82, 2.24) is 0 Å². The van der Waals surface area contributed by atoms with Crippen molar-refractivity contribution in [1.29, 1.82) is 0 Å². The number of rotatable bonds is 69. The first kappa shape index (κ1) is 89.1. The van der Waals surface area contributed by atoms with Crippen LogP contribution in [0.4, 0.5) is 0 Å². The monoisotopic (exact) mass is 1340 g/mol. The number of unbranched alkanes of at least 4 members (excludes halogenated alkanes) is 34. The summed E-state index contributed by atoms with van der Waals surface area (Å²) in [7, 11) is -9.90. The van der Waals surface area contributed by atoms with Crippen molar-refractivity contribution < 1.29 is 80.2 Å². The molecule has 0 rings (SSSR count). The number of ether oxygens (including phenoxy) is 4. The molecule has 19 heteroatoms. The Morgan fingerprint density at radius 1 is 0.308 bits per heavy atom. The van der Waals surface area contributed by atoms with Crippen LogP contribution in [0.3, 0.4) is 0 Å². The fourth-order valence-electron chi connectivity index (χ4n) is 10.8. The molecule has 0 bridgehead atoms. The van der Waals surface area contributed by atoms with Crippen LogP contribution in [0, 0.1) is 23.7 Å². The van der Waals surface area contributed by atoms with E-state index in [0.717, 1.165) is 114 Å². The summed E-state index contributed by atoms with van der Waals surface area (Å²) in [5.41, 5.74) is 0. The maximum atomic E-state index is 13.0. The smallest absolute Gasteiger partial charge is 0.462 e. The molecular formula is C72H140O17P2. The van der Waals surface area contributed by atoms with Crippen molar-refractivity contribution in [2.45, 2.75) is 375 Å². The van der Waals surface area contributed by atoms with E-state index in [9.17, 15) is 43.2 Å². The van der Waals surface area contributed by atoms with Crippen LogP contribution < -0.4 is 0 Å². The van der Waals surface area contributed by atoms with Gasteiger partial charge in [0.15, 0.2) is 12.2 Å². The summed E-state index contributed by atoms with van der Waals surface area (Å²) in [6, 6.07) is 0. The fraction of sp³-hybridized carbons (Fsp3) is 0.944. The van der Waals surface area contributed by atoms with Crippen molar-refractivity contribution in [3.63, 3.8) is 0 Å². The highest BCUT2D eigenvalue weighted by molar-refractivity contribution is 7.47. The van der Waals surface area contributed by atoms with Gasteiger partial charge in [0.05, 0.1) is 26.4 Å². The lowest BCUT2D eigenvalue weighted by Gasteiger charge is -2.21. The lowest BCUT2D eigenvalue weighted by atomic mass is 10.00. The third kappa shape index (κ3) is 65.1. The first-order valence-electron chi connectivity index (χ1n) is 37.2. The highest BCUT2D eigenvalue weighted by Gasteiger charge is 2.30. The Labute approximate surface area is 556 Å². The van der Waals surface area contributed by atoms with Crippen molar-refractivity contribution in [3.05, 3.63) is 0 Å². The van der Waals surface area contributed by atoms with Gasteiger partial charge in [0, 0.05) is 25.7 Å². The van der Waals surface area contributed by atoms with Crippen molar-refractivity contribution in [2.24, 2.45) is 23.7 Å². The van der Waals surface area contributed by atoms with E-state index in [1.807, 2.05) is 0 Å². The summed E-state index contributed by atoms with van der Waals surface area (Å²) in [5.74, 6) is 0.846. The highest BCUT2D eigenvalue weighted by atomic mass is 31.2. The number of phosphoric acid groups is 2. The molecule has 0 saturated heterocycles. The molecule has 0 spiro atoms. The van der Waals surface area contributed by atoms with Crippen LogP contribution in [0.15, 0.2) is 0 Å². The molecule has 540 valence electrons. The third-order valence-corrected chi connectivity index (χ3v) is 18.8. The standard InChI is InChI=1S/C72H140O17P2/c1-9-65(8)51-43-35-30-31-39-47-55-72(77)89-68(59-83-70(75)53-45-37-28-22-20-25-33-41-49-63(4)5)61-87-91(80,81)85-57-66(73)56-84-90(78,79)86-60-67(88-71(76)54-46-38-29-23-21-26-34-42-50-64(6)7)58-82-69(74)52-44-36-27-19-17-15-13-11-10-12-14-16-18-24-32-40-48-62(2)3/h62-68,73H,9-61H2,1-8H3,(H,78,79)(H,80,81)/t65?,66?,67-,68-/m1/s1. The van der Waals surface area contributed by atoms with Gasteiger partial charge in [-0.2, -0.15) is 0 Å². The predicted octanol–water partition coefficient (Wildman–Crippen LogP) is 20.5. The minimum absolute atomic E-state index is 0.102. The average Bonchev–Trinajstić information content (AvgIpc) is 3.54.